The number of urea groups is 1. The molecule has 2 heterocycles. The van der Waals surface area contributed by atoms with Crippen molar-refractivity contribution in [3.05, 3.63) is 108 Å². The van der Waals surface area contributed by atoms with Crippen LogP contribution in [0.25, 0.3) is 0 Å². The van der Waals surface area contributed by atoms with Gasteiger partial charge in [-0.25, -0.2) is 4.79 Å². The highest BCUT2D eigenvalue weighted by Gasteiger charge is 2.57. The molecule has 0 spiro atoms. The van der Waals surface area contributed by atoms with Gasteiger partial charge in [0.05, 0.1) is 11.6 Å². The minimum absolute atomic E-state index is 0.0436. The SMILES string of the molecule is CNC(=O)N1CCN(C(=O)C2CN2C(c2ccccc2)(c2ccccc2)c2ccccc2)CC1C(C=O)C(C)C. The summed E-state index contributed by atoms with van der Waals surface area (Å²) in [5.74, 6) is -0.272. The second-order valence-electron chi connectivity index (χ2n) is 11.0. The van der Waals surface area contributed by atoms with Gasteiger partial charge in [-0.3, -0.25) is 9.69 Å². The summed E-state index contributed by atoms with van der Waals surface area (Å²) in [6.45, 7) is 5.75. The Morgan fingerprint density at radius 1 is 0.825 bits per heavy atom. The monoisotopic (exact) mass is 538 g/mol. The quantitative estimate of drug-likeness (QED) is 0.268. The molecule has 2 aliphatic rings. The van der Waals surface area contributed by atoms with Crippen LogP contribution in [0.15, 0.2) is 91.0 Å². The molecule has 3 amide bonds. The number of benzene rings is 3. The van der Waals surface area contributed by atoms with Gasteiger partial charge in [-0.2, -0.15) is 0 Å². The zero-order chi connectivity index (χ0) is 28.3. The van der Waals surface area contributed by atoms with Crippen LogP contribution in [0.5, 0.6) is 0 Å². The number of aldehydes is 1. The Morgan fingerprint density at radius 3 is 1.75 bits per heavy atom. The Morgan fingerprint density at radius 2 is 1.32 bits per heavy atom. The maximum atomic E-state index is 14.2. The minimum Gasteiger partial charge on any atom is -0.341 e. The van der Waals surface area contributed by atoms with Gasteiger partial charge in [0.15, 0.2) is 0 Å². The van der Waals surface area contributed by atoms with Crippen LogP contribution >= 0.6 is 0 Å². The van der Waals surface area contributed by atoms with Crippen LogP contribution < -0.4 is 5.32 Å². The molecule has 0 aromatic heterocycles. The number of nitrogens with one attached hydrogen (secondary N) is 1. The molecule has 3 aromatic rings. The third kappa shape index (κ3) is 4.90. The molecule has 7 heteroatoms. The number of hydrogen-bond acceptors (Lipinski definition) is 4. The number of nitrogens with zero attached hydrogens (tertiary/aromatic N) is 3. The molecule has 2 saturated heterocycles. The smallest absolute Gasteiger partial charge is 0.317 e. The lowest BCUT2D eigenvalue weighted by Gasteiger charge is -2.44. The van der Waals surface area contributed by atoms with E-state index in [9.17, 15) is 14.4 Å². The summed E-state index contributed by atoms with van der Waals surface area (Å²) in [6, 6.07) is 30.2. The van der Waals surface area contributed by atoms with Gasteiger partial charge in [-0.15, -0.1) is 0 Å². The molecular weight excluding hydrogens is 500 g/mol. The van der Waals surface area contributed by atoms with Crippen molar-refractivity contribution in [1.82, 2.24) is 20.0 Å². The first-order valence-electron chi connectivity index (χ1n) is 14.1. The number of piperazine rings is 1. The van der Waals surface area contributed by atoms with E-state index in [2.05, 4.69) is 46.6 Å². The normalized spacial score (nSPS) is 21.6. The van der Waals surface area contributed by atoms with Crippen LogP contribution in [-0.4, -0.2) is 78.2 Å². The largest absolute Gasteiger partial charge is 0.341 e. The van der Waals surface area contributed by atoms with Crippen LogP contribution in [0, 0.1) is 11.8 Å². The molecule has 5 rings (SSSR count). The summed E-state index contributed by atoms with van der Waals surface area (Å²) in [7, 11) is 1.60. The standard InChI is InChI=1S/C33H38N4O3/c1-24(2)28(23-38)29-21-35(19-20-36(29)32(40)34-3)31(39)30-22-37(30)33(25-13-7-4-8-14-25,26-15-9-5-10-16-26)27-17-11-6-12-18-27/h4-18,23-24,28-30H,19-22H2,1-3H3,(H,34,40). The van der Waals surface area contributed by atoms with E-state index < -0.39 is 5.54 Å². The lowest BCUT2D eigenvalue weighted by atomic mass is 9.76. The molecule has 7 nitrogen and oxygen atoms in total. The number of amides is 3. The van der Waals surface area contributed by atoms with Crippen LogP contribution in [0.1, 0.15) is 30.5 Å². The molecule has 2 fully saturated rings. The highest BCUT2D eigenvalue weighted by molar-refractivity contribution is 5.86. The summed E-state index contributed by atoms with van der Waals surface area (Å²) >= 11 is 0. The topological polar surface area (TPSA) is 72.7 Å². The molecule has 0 radical (unpaired) electrons. The molecule has 208 valence electrons. The maximum Gasteiger partial charge on any atom is 0.317 e. The zero-order valence-corrected chi connectivity index (χ0v) is 23.4. The first kappa shape index (κ1) is 27.6. The Bertz CT molecular complexity index is 1220. The van der Waals surface area contributed by atoms with Crippen molar-refractivity contribution in [2.24, 2.45) is 11.8 Å². The zero-order valence-electron chi connectivity index (χ0n) is 23.4. The first-order valence-corrected chi connectivity index (χ1v) is 14.1. The van der Waals surface area contributed by atoms with Crippen molar-refractivity contribution in [2.75, 3.05) is 33.2 Å². The summed E-state index contributed by atoms with van der Waals surface area (Å²) < 4.78 is 0. The number of hydrogen-bond donors (Lipinski definition) is 1. The summed E-state index contributed by atoms with van der Waals surface area (Å²) in [5.41, 5.74) is 2.67. The van der Waals surface area contributed by atoms with Gasteiger partial charge in [0, 0.05) is 39.1 Å². The Balaban J connectivity index is 1.50. The molecular formula is C33H38N4O3. The van der Waals surface area contributed by atoms with E-state index in [0.29, 0.717) is 26.2 Å². The van der Waals surface area contributed by atoms with Gasteiger partial charge in [-0.05, 0) is 22.6 Å². The van der Waals surface area contributed by atoms with Crippen molar-refractivity contribution >= 4 is 18.2 Å². The average Bonchev–Trinajstić information content (AvgIpc) is 3.80. The highest BCUT2D eigenvalue weighted by atomic mass is 16.2. The number of carbonyl (C=O) groups is 3. The van der Waals surface area contributed by atoms with Gasteiger partial charge in [0.2, 0.25) is 5.91 Å². The van der Waals surface area contributed by atoms with Gasteiger partial charge in [0.25, 0.3) is 0 Å². The molecule has 3 aromatic carbocycles. The molecule has 1 N–H and O–H groups in total. The van der Waals surface area contributed by atoms with Crippen LogP contribution in [-0.2, 0) is 15.1 Å². The van der Waals surface area contributed by atoms with E-state index in [4.69, 9.17) is 0 Å². The van der Waals surface area contributed by atoms with Gasteiger partial charge in [-0.1, -0.05) is 105 Å². The second kappa shape index (κ2) is 11.6. The predicted octanol–water partition coefficient (Wildman–Crippen LogP) is 3.99. The maximum absolute atomic E-state index is 14.2. The second-order valence-corrected chi connectivity index (χ2v) is 11.0. The Kier molecular flexibility index (Phi) is 8.03. The Labute approximate surface area is 236 Å². The van der Waals surface area contributed by atoms with E-state index in [1.807, 2.05) is 73.3 Å². The van der Waals surface area contributed by atoms with Crippen molar-refractivity contribution in [2.45, 2.75) is 31.5 Å². The third-order valence-corrected chi connectivity index (χ3v) is 8.48. The molecule has 4 atom stereocenters. The van der Waals surface area contributed by atoms with Crippen molar-refractivity contribution in [1.29, 1.82) is 0 Å². The first-order chi connectivity index (χ1) is 19.4. The van der Waals surface area contributed by atoms with Crippen molar-refractivity contribution in [3.8, 4) is 0 Å². The summed E-state index contributed by atoms with van der Waals surface area (Å²) in [6.07, 6.45) is 0.938. The van der Waals surface area contributed by atoms with Gasteiger partial charge >= 0.3 is 6.03 Å². The lowest BCUT2D eigenvalue weighted by molar-refractivity contribution is -0.136. The van der Waals surface area contributed by atoms with E-state index in [-0.39, 0.29) is 35.9 Å². The summed E-state index contributed by atoms with van der Waals surface area (Å²) in [5, 5.41) is 2.70. The molecule has 0 saturated carbocycles. The molecule has 0 aliphatic carbocycles. The van der Waals surface area contributed by atoms with Crippen molar-refractivity contribution < 1.29 is 14.4 Å². The van der Waals surface area contributed by atoms with Crippen LogP contribution in [0.3, 0.4) is 0 Å². The minimum atomic E-state index is -0.642. The fourth-order valence-corrected chi connectivity index (χ4v) is 6.40. The van der Waals surface area contributed by atoms with E-state index in [1.165, 1.54) is 0 Å². The average molecular weight is 539 g/mol. The van der Waals surface area contributed by atoms with E-state index in [1.54, 1.807) is 11.9 Å². The number of rotatable bonds is 8. The predicted molar refractivity (Wildman–Crippen MR) is 156 cm³/mol. The fraction of sp³-hybridized carbons (Fsp3) is 0.364. The molecule has 2 aliphatic heterocycles. The summed E-state index contributed by atoms with van der Waals surface area (Å²) in [4.78, 5) is 44.8. The highest BCUT2D eigenvalue weighted by Crippen LogP contribution is 2.48. The number of carbonyl (C=O) groups excluding carboxylic acids is 3. The van der Waals surface area contributed by atoms with Gasteiger partial charge in [0.1, 0.15) is 12.3 Å². The third-order valence-electron chi connectivity index (χ3n) is 8.48. The van der Waals surface area contributed by atoms with Crippen LogP contribution in [0.4, 0.5) is 4.79 Å². The lowest BCUT2D eigenvalue weighted by Crippen LogP contribution is -2.62. The van der Waals surface area contributed by atoms with Crippen LogP contribution in [0.2, 0.25) is 0 Å². The van der Waals surface area contributed by atoms with Crippen molar-refractivity contribution in [3.63, 3.8) is 0 Å². The molecule has 40 heavy (non-hydrogen) atoms. The molecule has 0 bridgehead atoms. The van der Waals surface area contributed by atoms with Gasteiger partial charge < -0.3 is 19.9 Å². The van der Waals surface area contributed by atoms with E-state index >= 15 is 0 Å². The molecule has 4 unspecified atom stereocenters. The van der Waals surface area contributed by atoms with E-state index in [0.717, 1.165) is 23.0 Å². The fourth-order valence-electron chi connectivity index (χ4n) is 6.40. The Hall–Kier alpha value is -3.97.